The molecule has 21 heavy (non-hydrogen) atoms. The van der Waals surface area contributed by atoms with Gasteiger partial charge in [0.15, 0.2) is 0 Å². The Labute approximate surface area is 142 Å². The van der Waals surface area contributed by atoms with Crippen molar-refractivity contribution in [3.05, 3.63) is 0 Å². The van der Waals surface area contributed by atoms with E-state index in [0.29, 0.717) is 4.90 Å². The summed E-state index contributed by atoms with van der Waals surface area (Å²) in [5.74, 6) is 0. The van der Waals surface area contributed by atoms with Crippen molar-refractivity contribution >= 4 is 45.0 Å². The molecule has 0 nitrogen and oxygen atoms in total. The molecule has 0 spiro atoms. The third-order valence-corrected chi connectivity index (χ3v) is 61.7. The highest BCUT2D eigenvalue weighted by molar-refractivity contribution is 8.30. The second-order valence-electron chi connectivity index (χ2n) is 10.8. The predicted octanol–water partition coefficient (Wildman–Crippen LogP) is 8.03. The van der Waals surface area contributed by atoms with E-state index in [0.717, 1.165) is 0 Å². The molecule has 0 fully saturated rings. The van der Waals surface area contributed by atoms with Crippen LogP contribution in [0.4, 0.5) is 0 Å². The van der Waals surface area contributed by atoms with Gasteiger partial charge in [0.2, 0.25) is 0 Å². The smallest absolute Gasteiger partial charge is 0.0689 e. The number of rotatable bonds is 6. The van der Waals surface area contributed by atoms with Gasteiger partial charge in [-0.2, -0.15) is 0 Å². The van der Waals surface area contributed by atoms with Crippen LogP contribution < -0.4 is 0 Å². The van der Waals surface area contributed by atoms with E-state index in [-0.39, 0.29) is 14.0 Å². The lowest BCUT2D eigenvalue weighted by molar-refractivity contribution is 1.01. The molecule has 0 saturated heterocycles. The fraction of sp³-hybridized carbons (Fsp3) is 1.00. The molecule has 0 aliphatic heterocycles. The van der Waals surface area contributed by atoms with Gasteiger partial charge >= 0.3 is 0 Å². The maximum Gasteiger partial charge on any atom is 0.0689 e. The van der Waals surface area contributed by atoms with Gasteiger partial charge in [0, 0.05) is 0 Å². The third kappa shape index (κ3) is 5.94. The molecule has 0 unspecified atom stereocenters. The van der Waals surface area contributed by atoms with Gasteiger partial charge in [-0.1, -0.05) is 92.4 Å². The second kappa shape index (κ2) is 6.56. The quantitative estimate of drug-likeness (QED) is 0.315. The zero-order valence-corrected chi connectivity index (χ0v) is 23.2. The Balaban J connectivity index is 6.21. The van der Waals surface area contributed by atoms with Crippen molar-refractivity contribution in [2.45, 2.75) is 97.3 Å². The zero-order chi connectivity index (χ0) is 17.7. The Morgan fingerprint density at radius 3 is 0.667 bits per heavy atom. The summed E-state index contributed by atoms with van der Waals surface area (Å²) in [7, 11) is -3.92. The molecule has 0 bridgehead atoms. The van der Waals surface area contributed by atoms with Crippen LogP contribution in [0.25, 0.3) is 0 Å². The van der Waals surface area contributed by atoms with Gasteiger partial charge in [-0.3, -0.25) is 0 Å². The average Bonchev–Trinajstić information content (AvgIpc) is 1.84. The SMILES string of the molecule is CC(C)(P([Si](C)(C)C)[Si](C)(C)C)P([Si](C)(C)C)[Si](C)(C)C. The van der Waals surface area contributed by atoms with E-state index in [9.17, 15) is 0 Å². The maximum absolute atomic E-state index is 2.72. The van der Waals surface area contributed by atoms with E-state index in [4.69, 9.17) is 0 Å². The molecule has 0 aliphatic rings. The van der Waals surface area contributed by atoms with Gasteiger partial charge in [-0.05, 0) is 4.90 Å². The largest absolute Gasteiger partial charge is 0.120 e. The molecular formula is C15H42P2Si4. The number of hydrogen-bond acceptors (Lipinski definition) is 0. The van der Waals surface area contributed by atoms with E-state index in [2.05, 4.69) is 92.4 Å². The lowest BCUT2D eigenvalue weighted by Crippen LogP contribution is -2.48. The molecule has 0 N–H and O–H groups in total. The van der Waals surface area contributed by atoms with Gasteiger partial charge in [0.25, 0.3) is 0 Å². The lowest BCUT2D eigenvalue weighted by atomic mass is 10.5. The van der Waals surface area contributed by atoms with Crippen molar-refractivity contribution in [1.29, 1.82) is 0 Å². The minimum Gasteiger partial charge on any atom is -0.120 e. The highest BCUT2D eigenvalue weighted by Gasteiger charge is 2.55. The van der Waals surface area contributed by atoms with Crippen molar-refractivity contribution in [3.63, 3.8) is 0 Å². The van der Waals surface area contributed by atoms with Crippen LogP contribution in [0, 0.1) is 0 Å². The first-order valence-electron chi connectivity index (χ1n) is 8.34. The van der Waals surface area contributed by atoms with E-state index in [1.807, 2.05) is 0 Å². The Morgan fingerprint density at radius 2 is 0.571 bits per heavy atom. The molecule has 0 aliphatic carbocycles. The average molecular weight is 397 g/mol. The number of hydrogen-bond donors (Lipinski definition) is 0. The van der Waals surface area contributed by atoms with Crippen molar-refractivity contribution in [2.75, 3.05) is 0 Å². The van der Waals surface area contributed by atoms with Crippen LogP contribution in [0.5, 0.6) is 0 Å². The summed E-state index contributed by atoms with van der Waals surface area (Å²) < 4.78 is 0. The molecule has 0 atom stereocenters. The maximum atomic E-state index is 2.72. The first-order chi connectivity index (χ1) is 8.73. The summed E-state index contributed by atoms with van der Waals surface area (Å²) in [6, 6.07) is 0. The summed E-state index contributed by atoms with van der Waals surface area (Å²) in [5, 5.41) is 0. The minimum absolute atomic E-state index is 0.222. The molecule has 0 aromatic carbocycles. The first-order valence-corrected chi connectivity index (χ1v) is 28.4. The van der Waals surface area contributed by atoms with Crippen LogP contribution in [-0.2, 0) is 0 Å². The molecule has 0 amide bonds. The molecule has 0 radical (unpaired) electrons. The highest BCUT2D eigenvalue weighted by atomic mass is 31.7. The third-order valence-electron chi connectivity index (χ3n) is 3.78. The summed E-state index contributed by atoms with van der Waals surface area (Å²) in [6.07, 6.45) is 0. The fourth-order valence-electron chi connectivity index (χ4n) is 5.40. The lowest BCUT2D eigenvalue weighted by Gasteiger charge is -2.59. The standard InChI is InChI=1S/C15H42P2Si4/c1-15(2,16(18(3,4)5)19(6,7)8)17(20(9,10)11)21(12,13)14/h1-14H3. The molecule has 6 heteroatoms. The Kier molecular flexibility index (Phi) is 7.10. The van der Waals surface area contributed by atoms with Gasteiger partial charge in [0.1, 0.15) is 0 Å². The van der Waals surface area contributed by atoms with Crippen molar-refractivity contribution in [1.82, 2.24) is 0 Å². The van der Waals surface area contributed by atoms with Crippen LogP contribution in [0.1, 0.15) is 13.8 Å². The Bertz CT molecular complexity index is 292. The summed E-state index contributed by atoms with van der Waals surface area (Å²) in [6.45, 7) is 37.4. The summed E-state index contributed by atoms with van der Waals surface area (Å²) >= 11 is 0. The van der Waals surface area contributed by atoms with Gasteiger partial charge in [0.05, 0.1) is 31.0 Å². The van der Waals surface area contributed by atoms with E-state index >= 15 is 0 Å². The topological polar surface area (TPSA) is 0 Å². The Morgan fingerprint density at radius 1 is 0.429 bits per heavy atom. The molecule has 0 aromatic heterocycles. The van der Waals surface area contributed by atoms with Gasteiger partial charge in [-0.25, -0.2) is 0 Å². The first kappa shape index (κ1) is 22.7. The van der Waals surface area contributed by atoms with Crippen LogP contribution >= 0.6 is 14.0 Å². The minimum atomic E-state index is -1.09. The molecule has 128 valence electrons. The van der Waals surface area contributed by atoms with Crippen LogP contribution in [0.15, 0.2) is 0 Å². The van der Waals surface area contributed by atoms with Crippen LogP contribution in [0.3, 0.4) is 0 Å². The molecule has 0 rings (SSSR count). The summed E-state index contributed by atoms with van der Waals surface area (Å²) in [4.78, 5) is 0.647. The van der Waals surface area contributed by atoms with Crippen molar-refractivity contribution in [3.8, 4) is 0 Å². The molecular weight excluding hydrogens is 354 g/mol. The molecule has 0 aromatic rings. The van der Waals surface area contributed by atoms with Crippen LogP contribution in [-0.4, -0.2) is 35.9 Å². The van der Waals surface area contributed by atoms with E-state index < -0.39 is 31.0 Å². The zero-order valence-electron chi connectivity index (χ0n) is 17.4. The van der Waals surface area contributed by atoms with E-state index in [1.165, 1.54) is 0 Å². The Hall–Kier alpha value is 1.73. The predicted molar refractivity (Wildman–Crippen MR) is 121 cm³/mol. The van der Waals surface area contributed by atoms with E-state index in [1.54, 1.807) is 0 Å². The van der Waals surface area contributed by atoms with Crippen molar-refractivity contribution < 1.29 is 0 Å². The highest BCUT2D eigenvalue weighted by Crippen LogP contribution is 2.78. The molecule has 0 heterocycles. The second-order valence-corrected chi connectivity index (χ2v) is 56.3. The monoisotopic (exact) mass is 396 g/mol. The van der Waals surface area contributed by atoms with Crippen molar-refractivity contribution in [2.24, 2.45) is 0 Å². The van der Waals surface area contributed by atoms with Gasteiger partial charge < -0.3 is 0 Å². The van der Waals surface area contributed by atoms with Gasteiger partial charge in [-0.15, -0.1) is 14.0 Å². The summed E-state index contributed by atoms with van der Waals surface area (Å²) in [5.41, 5.74) is 0. The molecule has 0 saturated carbocycles. The normalized spacial score (nSPS) is 16.0. The fourth-order valence-corrected chi connectivity index (χ4v) is 103. The van der Waals surface area contributed by atoms with Crippen LogP contribution in [0.2, 0.25) is 78.6 Å².